The van der Waals surface area contributed by atoms with E-state index in [9.17, 15) is 14.0 Å². The lowest BCUT2D eigenvalue weighted by atomic mass is 10.1. The van der Waals surface area contributed by atoms with Gasteiger partial charge in [0.2, 0.25) is 5.91 Å². The van der Waals surface area contributed by atoms with Crippen molar-refractivity contribution in [1.82, 2.24) is 14.7 Å². The molecule has 0 bridgehead atoms. The Balaban J connectivity index is 1.67. The number of benzene rings is 2. The Morgan fingerprint density at radius 3 is 2.83 bits per heavy atom. The third-order valence-electron chi connectivity index (χ3n) is 4.37. The van der Waals surface area contributed by atoms with Gasteiger partial charge in [-0.25, -0.2) is 9.37 Å². The Labute approximate surface area is 172 Å². The summed E-state index contributed by atoms with van der Waals surface area (Å²) in [6.45, 7) is 1.59. The van der Waals surface area contributed by atoms with Gasteiger partial charge in [0.25, 0.3) is 11.3 Å². The van der Waals surface area contributed by atoms with Crippen LogP contribution in [0, 0.1) is 12.7 Å². The molecule has 0 unspecified atom stereocenters. The van der Waals surface area contributed by atoms with Crippen molar-refractivity contribution in [2.24, 2.45) is 0 Å². The van der Waals surface area contributed by atoms with Gasteiger partial charge in [0.15, 0.2) is 0 Å². The predicted molar refractivity (Wildman–Crippen MR) is 109 cm³/mol. The molecule has 146 valence electrons. The summed E-state index contributed by atoms with van der Waals surface area (Å²) in [5.41, 5.74) is 1.12. The van der Waals surface area contributed by atoms with Gasteiger partial charge in [-0.2, -0.15) is 0 Å². The van der Waals surface area contributed by atoms with Gasteiger partial charge >= 0.3 is 0 Å². The molecule has 0 radical (unpaired) electrons. The van der Waals surface area contributed by atoms with Gasteiger partial charge < -0.3 is 9.84 Å². The normalized spacial score (nSPS) is 11.0. The molecule has 0 aliphatic heterocycles. The number of aromatic nitrogens is 3. The van der Waals surface area contributed by atoms with E-state index in [0.717, 1.165) is 14.6 Å². The molecular weight excluding hydrogens is 443 g/mol. The Hall–Kier alpha value is -3.33. The Morgan fingerprint density at radius 1 is 1.28 bits per heavy atom. The van der Waals surface area contributed by atoms with E-state index in [1.807, 2.05) is 13.0 Å². The monoisotopic (exact) mass is 456 g/mol. The van der Waals surface area contributed by atoms with Crippen LogP contribution in [-0.4, -0.2) is 20.6 Å². The molecule has 4 rings (SSSR count). The summed E-state index contributed by atoms with van der Waals surface area (Å²) in [4.78, 5) is 29.4. The smallest absolute Gasteiger partial charge is 0.267 e. The highest BCUT2D eigenvalue weighted by atomic mass is 79.9. The number of amides is 1. The first-order chi connectivity index (χ1) is 13.9. The zero-order valence-electron chi connectivity index (χ0n) is 15.1. The van der Waals surface area contributed by atoms with Gasteiger partial charge in [0, 0.05) is 15.7 Å². The summed E-state index contributed by atoms with van der Waals surface area (Å²) in [5.74, 6) is -0.941. The molecule has 29 heavy (non-hydrogen) atoms. The molecule has 4 aromatic rings. The summed E-state index contributed by atoms with van der Waals surface area (Å²) in [6.07, 6.45) is 1.20. The maximum atomic E-state index is 14.2. The van der Waals surface area contributed by atoms with E-state index in [0.29, 0.717) is 5.69 Å². The predicted octanol–water partition coefficient (Wildman–Crippen LogP) is 3.90. The van der Waals surface area contributed by atoms with Crippen molar-refractivity contribution in [3.05, 3.63) is 75.0 Å². The largest absolute Gasteiger partial charge is 0.335 e. The van der Waals surface area contributed by atoms with Gasteiger partial charge in [-0.1, -0.05) is 33.2 Å². The second kappa shape index (κ2) is 7.59. The number of halogens is 2. The first kappa shape index (κ1) is 19.0. The number of rotatable bonds is 4. The molecule has 0 aliphatic rings. The minimum absolute atomic E-state index is 0.0187. The number of nitrogens with zero attached hydrogens (tertiary/aromatic N) is 3. The van der Waals surface area contributed by atoms with E-state index in [1.54, 1.807) is 18.2 Å². The lowest BCUT2D eigenvalue weighted by molar-refractivity contribution is -0.116. The van der Waals surface area contributed by atoms with Gasteiger partial charge in [0.1, 0.15) is 29.8 Å². The summed E-state index contributed by atoms with van der Waals surface area (Å²) < 4.78 is 21.3. The Morgan fingerprint density at radius 2 is 2.07 bits per heavy atom. The van der Waals surface area contributed by atoms with Crippen LogP contribution in [-0.2, 0) is 11.3 Å². The third-order valence-corrected chi connectivity index (χ3v) is 4.86. The summed E-state index contributed by atoms with van der Waals surface area (Å²) in [7, 11) is 0. The molecule has 0 aliphatic carbocycles. The molecule has 2 heterocycles. The standard InChI is InChI=1S/C20H14BrFN4O3/c1-11-8-12(21)6-7-15(11)24-16(27)9-26-10-23-19-17(20(26)28)18(25-29-19)13-4-2-3-5-14(13)22/h2-8,10H,9H2,1H3,(H,24,27). The molecule has 9 heteroatoms. The van der Waals surface area contributed by atoms with E-state index in [2.05, 4.69) is 31.4 Å². The first-order valence-electron chi connectivity index (χ1n) is 8.60. The van der Waals surface area contributed by atoms with E-state index in [1.165, 1.54) is 24.5 Å². The fourth-order valence-corrected chi connectivity index (χ4v) is 3.42. The maximum Gasteiger partial charge on any atom is 0.267 e. The average molecular weight is 457 g/mol. The highest BCUT2D eigenvalue weighted by Crippen LogP contribution is 2.26. The van der Waals surface area contributed by atoms with Gasteiger partial charge in [0.05, 0.1) is 0 Å². The molecular formula is C20H14BrFN4O3. The number of fused-ring (bicyclic) bond motifs is 1. The number of hydrogen-bond acceptors (Lipinski definition) is 5. The highest BCUT2D eigenvalue weighted by molar-refractivity contribution is 9.10. The molecule has 2 aromatic carbocycles. The van der Waals surface area contributed by atoms with Crippen LogP contribution in [0.1, 0.15) is 5.56 Å². The minimum Gasteiger partial charge on any atom is -0.335 e. The van der Waals surface area contributed by atoms with Crippen LogP contribution in [0.5, 0.6) is 0 Å². The van der Waals surface area contributed by atoms with E-state index >= 15 is 0 Å². The van der Waals surface area contributed by atoms with Crippen molar-refractivity contribution in [1.29, 1.82) is 0 Å². The van der Waals surface area contributed by atoms with Crippen molar-refractivity contribution in [2.75, 3.05) is 5.32 Å². The minimum atomic E-state index is -0.544. The van der Waals surface area contributed by atoms with Crippen LogP contribution >= 0.6 is 15.9 Å². The summed E-state index contributed by atoms with van der Waals surface area (Å²) in [5, 5.41) is 6.58. The van der Waals surface area contributed by atoms with Crippen LogP contribution in [0.15, 0.2) is 62.6 Å². The summed E-state index contributed by atoms with van der Waals surface area (Å²) in [6, 6.07) is 11.4. The number of carbonyl (C=O) groups excluding carboxylic acids is 1. The van der Waals surface area contributed by atoms with Crippen LogP contribution in [0.2, 0.25) is 0 Å². The van der Waals surface area contributed by atoms with E-state index in [4.69, 9.17) is 4.52 Å². The topological polar surface area (TPSA) is 90.0 Å². The quantitative estimate of drug-likeness (QED) is 0.502. The fraction of sp³-hybridized carbons (Fsp3) is 0.100. The van der Waals surface area contributed by atoms with Gasteiger partial charge in [-0.15, -0.1) is 0 Å². The van der Waals surface area contributed by atoms with Crippen LogP contribution in [0.25, 0.3) is 22.4 Å². The van der Waals surface area contributed by atoms with Crippen LogP contribution < -0.4 is 10.9 Å². The molecule has 0 spiro atoms. The molecule has 1 amide bonds. The fourth-order valence-electron chi connectivity index (χ4n) is 2.94. The number of hydrogen-bond donors (Lipinski definition) is 1. The Kier molecular flexibility index (Phi) is 4.98. The number of anilines is 1. The number of nitrogens with one attached hydrogen (secondary N) is 1. The van der Waals surface area contributed by atoms with Gasteiger partial charge in [-0.3, -0.25) is 14.2 Å². The molecule has 1 N–H and O–H groups in total. The van der Waals surface area contributed by atoms with Crippen molar-refractivity contribution >= 4 is 38.6 Å². The van der Waals surface area contributed by atoms with Crippen molar-refractivity contribution in [3.8, 4) is 11.3 Å². The first-order valence-corrected chi connectivity index (χ1v) is 9.39. The molecule has 0 saturated heterocycles. The zero-order chi connectivity index (χ0) is 20.5. The second-order valence-electron chi connectivity index (χ2n) is 6.38. The van der Waals surface area contributed by atoms with Crippen molar-refractivity contribution in [3.63, 3.8) is 0 Å². The molecule has 7 nitrogen and oxygen atoms in total. The number of carbonyl (C=O) groups is 1. The third kappa shape index (κ3) is 3.68. The maximum absolute atomic E-state index is 14.2. The summed E-state index contributed by atoms with van der Waals surface area (Å²) >= 11 is 3.37. The van der Waals surface area contributed by atoms with Gasteiger partial charge in [-0.05, 0) is 42.8 Å². The zero-order valence-corrected chi connectivity index (χ0v) is 16.7. The van der Waals surface area contributed by atoms with Crippen LogP contribution in [0.3, 0.4) is 0 Å². The molecule has 0 atom stereocenters. The highest BCUT2D eigenvalue weighted by Gasteiger charge is 2.20. The van der Waals surface area contributed by atoms with E-state index < -0.39 is 17.3 Å². The van der Waals surface area contributed by atoms with Crippen LogP contribution in [0.4, 0.5) is 10.1 Å². The molecule has 0 fully saturated rings. The molecule has 2 aromatic heterocycles. The molecule has 0 saturated carbocycles. The lowest BCUT2D eigenvalue weighted by Gasteiger charge is -2.10. The lowest BCUT2D eigenvalue weighted by Crippen LogP contribution is -2.28. The average Bonchev–Trinajstić information content (AvgIpc) is 3.11. The van der Waals surface area contributed by atoms with Crippen molar-refractivity contribution in [2.45, 2.75) is 13.5 Å². The van der Waals surface area contributed by atoms with Crippen molar-refractivity contribution < 1.29 is 13.7 Å². The van der Waals surface area contributed by atoms with E-state index in [-0.39, 0.29) is 28.9 Å². The number of aryl methyl sites for hydroxylation is 1. The Bertz CT molecular complexity index is 1300. The SMILES string of the molecule is Cc1cc(Br)ccc1NC(=O)Cn1cnc2onc(-c3ccccc3F)c2c1=O. The second-order valence-corrected chi connectivity index (χ2v) is 7.29.